The molecule has 2 aliphatic rings. The summed E-state index contributed by atoms with van der Waals surface area (Å²) >= 11 is 0. The van der Waals surface area contributed by atoms with Gasteiger partial charge in [0.15, 0.2) is 0 Å². The lowest BCUT2D eigenvalue weighted by Crippen LogP contribution is -2.45. The second-order valence-corrected chi connectivity index (χ2v) is 7.11. The van der Waals surface area contributed by atoms with Crippen LogP contribution in [0.2, 0.25) is 0 Å². The lowest BCUT2D eigenvalue weighted by molar-refractivity contribution is 0.0588. The van der Waals surface area contributed by atoms with Gasteiger partial charge >= 0.3 is 0 Å². The fourth-order valence-corrected chi connectivity index (χ4v) is 3.92. The van der Waals surface area contributed by atoms with E-state index in [1.165, 1.54) is 32.4 Å². The number of benzene rings is 1. The molecule has 4 nitrogen and oxygen atoms in total. The molecule has 1 amide bonds. The number of hydrogen-bond acceptors (Lipinski definition) is 3. The number of carbonyl (C=O) groups is 1. The zero-order chi connectivity index (χ0) is 17.5. The maximum Gasteiger partial charge on any atom is 0.254 e. The molecule has 1 atom stereocenters. The summed E-state index contributed by atoms with van der Waals surface area (Å²) in [6.45, 7) is 8.60. The zero-order valence-electron chi connectivity index (χ0n) is 15.2. The third-order valence-electron chi connectivity index (χ3n) is 5.33. The van der Waals surface area contributed by atoms with Crippen molar-refractivity contribution in [3.8, 4) is 5.75 Å². The van der Waals surface area contributed by atoms with Crippen LogP contribution in [-0.4, -0.2) is 54.5 Å². The normalized spacial score (nSPS) is 21.3. The minimum atomic E-state index is 0.168. The van der Waals surface area contributed by atoms with Gasteiger partial charge in [0.1, 0.15) is 12.4 Å². The third-order valence-corrected chi connectivity index (χ3v) is 5.33. The van der Waals surface area contributed by atoms with Gasteiger partial charge in [-0.1, -0.05) is 12.7 Å². The topological polar surface area (TPSA) is 32.8 Å². The summed E-state index contributed by atoms with van der Waals surface area (Å²) in [5, 5.41) is 0. The molecular weight excluding hydrogens is 312 g/mol. The summed E-state index contributed by atoms with van der Waals surface area (Å²) in [5.41, 5.74) is 0.763. The van der Waals surface area contributed by atoms with Gasteiger partial charge in [-0.15, -0.1) is 0 Å². The number of nitrogens with zero attached hydrogens (tertiary/aromatic N) is 2. The van der Waals surface area contributed by atoms with Crippen LogP contribution in [0.5, 0.6) is 5.75 Å². The summed E-state index contributed by atoms with van der Waals surface area (Å²) < 4.78 is 5.50. The van der Waals surface area contributed by atoms with Crippen LogP contribution >= 0.6 is 0 Å². The lowest BCUT2D eigenvalue weighted by Gasteiger charge is -2.36. The number of carbonyl (C=O) groups excluding carboxylic acids is 1. The Labute approximate surface area is 151 Å². The second-order valence-electron chi connectivity index (χ2n) is 7.11. The molecule has 136 valence electrons. The Hall–Kier alpha value is -1.81. The maximum atomic E-state index is 13.0. The molecule has 1 aromatic carbocycles. The summed E-state index contributed by atoms with van der Waals surface area (Å²) in [6.07, 6.45) is 8.97. The minimum Gasteiger partial charge on any atom is -0.490 e. The monoisotopic (exact) mass is 342 g/mol. The van der Waals surface area contributed by atoms with Crippen molar-refractivity contribution in [2.75, 3.05) is 32.8 Å². The molecule has 2 fully saturated rings. The van der Waals surface area contributed by atoms with Crippen LogP contribution < -0.4 is 4.74 Å². The fraction of sp³-hybridized carbons (Fsp3) is 0.571. The highest BCUT2D eigenvalue weighted by Crippen LogP contribution is 2.24. The van der Waals surface area contributed by atoms with Gasteiger partial charge in [-0.05, 0) is 75.9 Å². The highest BCUT2D eigenvalue weighted by atomic mass is 16.5. The smallest absolute Gasteiger partial charge is 0.254 e. The number of piperidine rings is 1. The predicted molar refractivity (Wildman–Crippen MR) is 101 cm³/mol. The summed E-state index contributed by atoms with van der Waals surface area (Å²) in [5.74, 6) is 0.946. The molecule has 2 heterocycles. The van der Waals surface area contributed by atoms with Gasteiger partial charge in [0.2, 0.25) is 0 Å². The van der Waals surface area contributed by atoms with Crippen LogP contribution in [0.1, 0.15) is 48.9 Å². The molecule has 4 heteroatoms. The Kier molecular flexibility index (Phi) is 6.51. The Morgan fingerprint density at radius 3 is 2.56 bits per heavy atom. The number of likely N-dealkylation sites (tertiary alicyclic amines) is 2. The lowest BCUT2D eigenvalue weighted by atomic mass is 9.98. The van der Waals surface area contributed by atoms with Crippen molar-refractivity contribution in [3.63, 3.8) is 0 Å². The molecule has 0 saturated carbocycles. The molecule has 1 aromatic rings. The Balaban J connectivity index is 1.60. The van der Waals surface area contributed by atoms with E-state index in [-0.39, 0.29) is 5.91 Å². The van der Waals surface area contributed by atoms with Crippen LogP contribution in [0.3, 0.4) is 0 Å². The Morgan fingerprint density at radius 1 is 1.12 bits per heavy atom. The van der Waals surface area contributed by atoms with E-state index in [1.54, 1.807) is 6.08 Å². The van der Waals surface area contributed by atoms with E-state index in [0.717, 1.165) is 43.7 Å². The van der Waals surface area contributed by atoms with Crippen molar-refractivity contribution in [2.24, 2.45) is 0 Å². The molecule has 0 spiro atoms. The van der Waals surface area contributed by atoms with E-state index >= 15 is 0 Å². The number of ether oxygens (including phenoxy) is 1. The second kappa shape index (κ2) is 9.04. The van der Waals surface area contributed by atoms with Crippen molar-refractivity contribution in [3.05, 3.63) is 42.5 Å². The van der Waals surface area contributed by atoms with E-state index in [9.17, 15) is 4.79 Å². The molecule has 0 bridgehead atoms. The van der Waals surface area contributed by atoms with Gasteiger partial charge in [0, 0.05) is 24.7 Å². The van der Waals surface area contributed by atoms with E-state index in [0.29, 0.717) is 12.6 Å². The molecule has 2 aliphatic heterocycles. The molecular formula is C21H30N2O2. The highest BCUT2D eigenvalue weighted by Gasteiger charge is 2.28. The van der Waals surface area contributed by atoms with Crippen LogP contribution in [0.4, 0.5) is 0 Å². The van der Waals surface area contributed by atoms with Gasteiger partial charge in [-0.25, -0.2) is 0 Å². The average molecular weight is 342 g/mol. The quantitative estimate of drug-likeness (QED) is 0.708. The summed E-state index contributed by atoms with van der Waals surface area (Å²) in [4.78, 5) is 17.6. The zero-order valence-corrected chi connectivity index (χ0v) is 15.2. The SMILES string of the molecule is C=CCOc1ccc(C(=O)N2CCCCC2CCN2CCCC2)cc1. The number of rotatable bonds is 7. The van der Waals surface area contributed by atoms with Crippen molar-refractivity contribution in [2.45, 2.75) is 44.6 Å². The summed E-state index contributed by atoms with van der Waals surface area (Å²) in [6, 6.07) is 7.90. The van der Waals surface area contributed by atoms with Crippen LogP contribution in [0, 0.1) is 0 Å². The van der Waals surface area contributed by atoms with Crippen LogP contribution in [0.15, 0.2) is 36.9 Å². The van der Waals surface area contributed by atoms with Crippen LogP contribution in [0.25, 0.3) is 0 Å². The first-order valence-electron chi connectivity index (χ1n) is 9.65. The minimum absolute atomic E-state index is 0.168. The van der Waals surface area contributed by atoms with Gasteiger partial charge in [0.05, 0.1) is 0 Å². The Morgan fingerprint density at radius 2 is 1.84 bits per heavy atom. The van der Waals surface area contributed by atoms with E-state index in [2.05, 4.69) is 16.4 Å². The van der Waals surface area contributed by atoms with Gasteiger partial charge < -0.3 is 14.5 Å². The predicted octanol–water partition coefficient (Wildman–Crippen LogP) is 3.73. The maximum absolute atomic E-state index is 13.0. The van der Waals surface area contributed by atoms with Crippen molar-refractivity contribution >= 4 is 5.91 Å². The largest absolute Gasteiger partial charge is 0.490 e. The average Bonchev–Trinajstić information content (AvgIpc) is 3.18. The molecule has 0 radical (unpaired) electrons. The standard InChI is InChI=1S/C21H30N2O2/c1-2-17-25-20-10-8-18(9-11-20)21(24)23-15-4-3-7-19(23)12-16-22-13-5-6-14-22/h2,8-11,19H,1,3-7,12-17H2. The fourth-order valence-electron chi connectivity index (χ4n) is 3.92. The first-order valence-corrected chi connectivity index (χ1v) is 9.65. The number of amides is 1. The highest BCUT2D eigenvalue weighted by molar-refractivity contribution is 5.94. The molecule has 0 aliphatic carbocycles. The van der Waals surface area contributed by atoms with Crippen molar-refractivity contribution in [1.82, 2.24) is 9.80 Å². The number of hydrogen-bond donors (Lipinski definition) is 0. The van der Waals surface area contributed by atoms with E-state index < -0.39 is 0 Å². The van der Waals surface area contributed by atoms with Crippen molar-refractivity contribution in [1.29, 1.82) is 0 Å². The third kappa shape index (κ3) is 4.85. The summed E-state index contributed by atoms with van der Waals surface area (Å²) in [7, 11) is 0. The van der Waals surface area contributed by atoms with Crippen molar-refractivity contribution < 1.29 is 9.53 Å². The first kappa shape index (κ1) is 18.0. The first-order chi connectivity index (χ1) is 12.3. The van der Waals surface area contributed by atoms with Gasteiger partial charge in [0.25, 0.3) is 5.91 Å². The van der Waals surface area contributed by atoms with Gasteiger partial charge in [-0.2, -0.15) is 0 Å². The molecule has 3 rings (SSSR count). The Bertz CT molecular complexity index is 564. The molecule has 2 saturated heterocycles. The molecule has 1 unspecified atom stereocenters. The molecule has 0 aromatic heterocycles. The van der Waals surface area contributed by atoms with E-state index in [1.807, 2.05) is 24.3 Å². The van der Waals surface area contributed by atoms with E-state index in [4.69, 9.17) is 4.74 Å². The van der Waals surface area contributed by atoms with Crippen LogP contribution in [-0.2, 0) is 0 Å². The molecule has 0 N–H and O–H groups in total. The van der Waals surface area contributed by atoms with Gasteiger partial charge in [-0.3, -0.25) is 4.79 Å². The molecule has 25 heavy (non-hydrogen) atoms.